The Morgan fingerprint density at radius 1 is 1.18 bits per heavy atom. The molecule has 34 heavy (non-hydrogen) atoms. The zero-order chi connectivity index (χ0) is 24.7. The summed E-state index contributed by atoms with van der Waals surface area (Å²) in [5, 5.41) is 14.9. The number of aromatic nitrogens is 2. The van der Waals surface area contributed by atoms with Crippen LogP contribution < -0.4 is 5.32 Å². The minimum atomic E-state index is -0.905. The number of amides is 1. The third-order valence-corrected chi connectivity index (χ3v) is 5.86. The van der Waals surface area contributed by atoms with E-state index in [2.05, 4.69) is 10.3 Å². The normalized spacial score (nSPS) is 11.8. The summed E-state index contributed by atoms with van der Waals surface area (Å²) in [6.07, 6.45) is 2.91. The van der Waals surface area contributed by atoms with E-state index in [9.17, 15) is 19.7 Å². The van der Waals surface area contributed by atoms with Crippen molar-refractivity contribution in [1.82, 2.24) is 14.9 Å². The first-order valence-electron chi connectivity index (χ1n) is 10.7. The van der Waals surface area contributed by atoms with E-state index in [1.807, 2.05) is 42.0 Å². The van der Waals surface area contributed by atoms with E-state index in [0.717, 1.165) is 11.3 Å². The van der Waals surface area contributed by atoms with E-state index in [1.54, 1.807) is 26.1 Å². The standard InChI is InChI=1S/C24H26N4O5S/c1-16(2)33-23(30)14-19(18-9-5-7-11-21(18)28(31)32)26-22(29)15-34-24-25-12-13-27(24)20-10-6-4-8-17(20)3/h4-13,16,19H,14-15H2,1-3H3,(H,26,29). The molecule has 0 aliphatic heterocycles. The highest BCUT2D eigenvalue weighted by Gasteiger charge is 2.26. The second kappa shape index (κ2) is 11.5. The van der Waals surface area contributed by atoms with Gasteiger partial charge in [0, 0.05) is 18.5 Å². The lowest BCUT2D eigenvalue weighted by Crippen LogP contribution is -2.32. The number of hydrogen-bond donors (Lipinski definition) is 1. The Labute approximate surface area is 201 Å². The van der Waals surface area contributed by atoms with Crippen molar-refractivity contribution in [2.75, 3.05) is 5.75 Å². The summed E-state index contributed by atoms with van der Waals surface area (Å²) in [6, 6.07) is 13.0. The number of carbonyl (C=O) groups excluding carboxylic acids is 2. The van der Waals surface area contributed by atoms with Gasteiger partial charge in [0.25, 0.3) is 5.69 Å². The number of ether oxygens (including phenoxy) is 1. The Morgan fingerprint density at radius 2 is 1.88 bits per heavy atom. The van der Waals surface area contributed by atoms with E-state index >= 15 is 0 Å². The first-order chi connectivity index (χ1) is 16.3. The molecule has 2 aromatic carbocycles. The van der Waals surface area contributed by atoms with Crippen LogP contribution in [0.3, 0.4) is 0 Å². The van der Waals surface area contributed by atoms with Gasteiger partial charge in [0.15, 0.2) is 5.16 Å². The number of hydrogen-bond acceptors (Lipinski definition) is 7. The van der Waals surface area contributed by atoms with Gasteiger partial charge in [0.2, 0.25) is 5.91 Å². The van der Waals surface area contributed by atoms with E-state index in [4.69, 9.17) is 4.74 Å². The third kappa shape index (κ3) is 6.44. The maximum absolute atomic E-state index is 12.8. The summed E-state index contributed by atoms with van der Waals surface area (Å²) >= 11 is 1.23. The van der Waals surface area contributed by atoms with Crippen LogP contribution in [0.5, 0.6) is 0 Å². The molecule has 0 fully saturated rings. The van der Waals surface area contributed by atoms with Crippen molar-refractivity contribution in [3.05, 3.63) is 82.2 Å². The van der Waals surface area contributed by atoms with Gasteiger partial charge < -0.3 is 10.1 Å². The average molecular weight is 483 g/mol. The molecule has 1 atom stereocenters. The van der Waals surface area contributed by atoms with E-state index in [0.29, 0.717) is 5.16 Å². The minimum Gasteiger partial charge on any atom is -0.463 e. The Hall–Kier alpha value is -3.66. The van der Waals surface area contributed by atoms with Crippen LogP contribution in [0.15, 0.2) is 66.1 Å². The number of nitrogens with one attached hydrogen (secondary N) is 1. The zero-order valence-electron chi connectivity index (χ0n) is 19.1. The molecular formula is C24H26N4O5S. The fourth-order valence-electron chi connectivity index (χ4n) is 3.44. The number of para-hydroxylation sites is 2. The lowest BCUT2D eigenvalue weighted by molar-refractivity contribution is -0.385. The Morgan fingerprint density at radius 3 is 2.59 bits per heavy atom. The summed E-state index contributed by atoms with van der Waals surface area (Å²) in [5.41, 5.74) is 2.09. The molecule has 3 aromatic rings. The molecule has 0 spiro atoms. The van der Waals surface area contributed by atoms with Crippen LogP contribution in [0.1, 0.15) is 37.4 Å². The molecule has 0 aliphatic carbocycles. The Balaban J connectivity index is 1.76. The van der Waals surface area contributed by atoms with Crippen molar-refractivity contribution in [1.29, 1.82) is 0 Å². The molecule has 1 amide bonds. The molecule has 1 N–H and O–H groups in total. The minimum absolute atomic E-state index is 0.0131. The summed E-state index contributed by atoms with van der Waals surface area (Å²) in [4.78, 5) is 40.5. The number of nitro benzene ring substituents is 1. The zero-order valence-corrected chi connectivity index (χ0v) is 20.0. The van der Waals surface area contributed by atoms with Gasteiger partial charge in [-0.15, -0.1) is 0 Å². The molecular weight excluding hydrogens is 456 g/mol. The maximum atomic E-state index is 12.8. The van der Waals surface area contributed by atoms with Gasteiger partial charge >= 0.3 is 5.97 Å². The molecule has 0 saturated carbocycles. The van der Waals surface area contributed by atoms with Gasteiger partial charge in [-0.25, -0.2) is 4.98 Å². The molecule has 1 unspecified atom stereocenters. The summed E-state index contributed by atoms with van der Waals surface area (Å²) in [5.74, 6) is -0.926. The third-order valence-electron chi connectivity index (χ3n) is 4.90. The lowest BCUT2D eigenvalue weighted by atomic mass is 10.0. The summed E-state index contributed by atoms with van der Waals surface area (Å²) < 4.78 is 7.10. The van der Waals surface area contributed by atoms with Crippen LogP contribution in [0, 0.1) is 17.0 Å². The quantitative estimate of drug-likeness (QED) is 0.197. The highest BCUT2D eigenvalue weighted by molar-refractivity contribution is 7.99. The number of carbonyl (C=O) groups is 2. The maximum Gasteiger partial charge on any atom is 0.308 e. The topological polar surface area (TPSA) is 116 Å². The number of imidazole rings is 1. The van der Waals surface area contributed by atoms with Crippen LogP contribution in [-0.4, -0.2) is 38.2 Å². The average Bonchev–Trinajstić information content (AvgIpc) is 3.25. The summed E-state index contributed by atoms with van der Waals surface area (Å²) in [6.45, 7) is 5.41. The van der Waals surface area contributed by atoms with Crippen molar-refractivity contribution in [2.24, 2.45) is 0 Å². The van der Waals surface area contributed by atoms with Crippen LogP contribution in [0.4, 0.5) is 5.69 Å². The van der Waals surface area contributed by atoms with E-state index in [-0.39, 0.29) is 35.4 Å². The fourth-order valence-corrected chi connectivity index (χ4v) is 4.22. The smallest absolute Gasteiger partial charge is 0.308 e. The Bertz CT molecular complexity index is 1180. The number of aryl methyl sites for hydroxylation is 1. The molecule has 3 rings (SSSR count). The van der Waals surface area contributed by atoms with Crippen LogP contribution in [0.25, 0.3) is 5.69 Å². The molecule has 0 bridgehead atoms. The second-order valence-corrected chi connectivity index (χ2v) is 8.78. The molecule has 0 saturated heterocycles. The van der Waals surface area contributed by atoms with Gasteiger partial charge in [-0.2, -0.15) is 0 Å². The van der Waals surface area contributed by atoms with Gasteiger partial charge in [0.1, 0.15) is 0 Å². The van der Waals surface area contributed by atoms with Crippen molar-refractivity contribution in [3.63, 3.8) is 0 Å². The molecule has 9 nitrogen and oxygen atoms in total. The van der Waals surface area contributed by atoms with E-state index in [1.165, 1.54) is 30.0 Å². The van der Waals surface area contributed by atoms with E-state index < -0.39 is 16.9 Å². The molecule has 178 valence electrons. The highest BCUT2D eigenvalue weighted by atomic mass is 32.2. The lowest BCUT2D eigenvalue weighted by Gasteiger charge is -2.19. The van der Waals surface area contributed by atoms with Crippen molar-refractivity contribution in [3.8, 4) is 5.69 Å². The molecule has 10 heteroatoms. The number of benzene rings is 2. The van der Waals surface area contributed by atoms with Gasteiger partial charge in [0.05, 0.1) is 40.5 Å². The van der Waals surface area contributed by atoms with Crippen molar-refractivity contribution < 1.29 is 19.2 Å². The van der Waals surface area contributed by atoms with Crippen molar-refractivity contribution in [2.45, 2.75) is 44.5 Å². The predicted molar refractivity (Wildman–Crippen MR) is 129 cm³/mol. The number of rotatable bonds is 10. The Kier molecular flexibility index (Phi) is 8.42. The predicted octanol–water partition coefficient (Wildman–Crippen LogP) is 4.38. The number of nitrogens with zero attached hydrogens (tertiary/aromatic N) is 3. The number of esters is 1. The fraction of sp³-hybridized carbons (Fsp3) is 0.292. The molecule has 1 heterocycles. The first kappa shape index (κ1) is 25.0. The first-order valence-corrected chi connectivity index (χ1v) is 11.7. The summed E-state index contributed by atoms with van der Waals surface area (Å²) in [7, 11) is 0. The monoisotopic (exact) mass is 482 g/mol. The van der Waals surface area contributed by atoms with Crippen molar-refractivity contribution >= 4 is 29.3 Å². The van der Waals surface area contributed by atoms with Crippen LogP contribution in [0.2, 0.25) is 0 Å². The van der Waals surface area contributed by atoms with Crippen LogP contribution in [-0.2, 0) is 14.3 Å². The second-order valence-electron chi connectivity index (χ2n) is 7.83. The molecule has 1 aromatic heterocycles. The molecule has 0 aliphatic rings. The van der Waals surface area contributed by atoms with Crippen LogP contribution >= 0.6 is 11.8 Å². The highest BCUT2D eigenvalue weighted by Crippen LogP contribution is 2.28. The van der Waals surface area contributed by atoms with Gasteiger partial charge in [-0.05, 0) is 32.4 Å². The van der Waals surface area contributed by atoms with Gasteiger partial charge in [-0.1, -0.05) is 48.2 Å². The molecule has 0 radical (unpaired) electrons. The van der Waals surface area contributed by atoms with Gasteiger partial charge in [-0.3, -0.25) is 24.3 Å². The number of nitro groups is 1. The largest absolute Gasteiger partial charge is 0.463 e. The number of thioether (sulfide) groups is 1. The SMILES string of the molecule is Cc1ccccc1-n1ccnc1SCC(=O)NC(CC(=O)OC(C)C)c1ccccc1[N+](=O)[O-].